The number of aryl methyl sites for hydroxylation is 2. The first kappa shape index (κ1) is 12.2. The van der Waals surface area contributed by atoms with E-state index < -0.39 is 0 Å². The quantitative estimate of drug-likeness (QED) is 0.650. The van der Waals surface area contributed by atoms with Crippen molar-refractivity contribution in [3.05, 3.63) is 17.5 Å². The molecule has 0 spiro atoms. The maximum absolute atomic E-state index is 4.41. The van der Waals surface area contributed by atoms with Crippen molar-refractivity contribution >= 4 is 0 Å². The number of hydrogen-bond acceptors (Lipinski definition) is 3. The van der Waals surface area contributed by atoms with E-state index in [2.05, 4.69) is 35.8 Å². The van der Waals surface area contributed by atoms with E-state index in [1.807, 2.05) is 11.7 Å². The number of rotatable bonds is 7. The minimum atomic E-state index is 0.919. The molecule has 4 nitrogen and oxygen atoms in total. The summed E-state index contributed by atoms with van der Waals surface area (Å²) in [7, 11) is 1.97. The summed E-state index contributed by atoms with van der Waals surface area (Å²) in [5, 5.41) is 11.1. The van der Waals surface area contributed by atoms with Gasteiger partial charge in [0.15, 0.2) is 0 Å². The van der Waals surface area contributed by atoms with Crippen molar-refractivity contribution in [2.75, 3.05) is 19.6 Å². The van der Waals surface area contributed by atoms with E-state index in [1.54, 1.807) is 0 Å². The van der Waals surface area contributed by atoms with Crippen LogP contribution in [-0.2, 0) is 20.0 Å². The molecule has 1 heterocycles. The van der Waals surface area contributed by atoms with E-state index in [1.165, 1.54) is 11.3 Å². The normalized spacial score (nSPS) is 10.9. The second-order valence-corrected chi connectivity index (χ2v) is 3.66. The molecule has 1 rings (SSSR count). The average Bonchev–Trinajstić information content (AvgIpc) is 2.59. The van der Waals surface area contributed by atoms with Gasteiger partial charge in [-0.15, -0.1) is 0 Å². The Labute approximate surface area is 92.1 Å². The van der Waals surface area contributed by atoms with Gasteiger partial charge in [0.2, 0.25) is 0 Å². The summed E-state index contributed by atoms with van der Waals surface area (Å²) in [4.78, 5) is 0. The molecule has 0 aromatic carbocycles. The molecule has 0 radical (unpaired) electrons. The molecule has 0 bridgehead atoms. The lowest BCUT2D eigenvalue weighted by Crippen LogP contribution is -2.26. The van der Waals surface area contributed by atoms with E-state index in [-0.39, 0.29) is 0 Å². The molecule has 2 N–H and O–H groups in total. The van der Waals surface area contributed by atoms with Gasteiger partial charge in [0.25, 0.3) is 0 Å². The van der Waals surface area contributed by atoms with E-state index in [0.717, 1.165) is 32.6 Å². The van der Waals surface area contributed by atoms with Crippen LogP contribution in [0.25, 0.3) is 0 Å². The summed E-state index contributed by atoms with van der Waals surface area (Å²) in [6.07, 6.45) is 3.10. The molecular weight excluding hydrogens is 188 g/mol. The fourth-order valence-electron chi connectivity index (χ4n) is 1.61. The van der Waals surface area contributed by atoms with E-state index in [0.29, 0.717) is 0 Å². The van der Waals surface area contributed by atoms with Crippen LogP contribution in [0.4, 0.5) is 0 Å². The lowest BCUT2D eigenvalue weighted by atomic mass is 10.2. The van der Waals surface area contributed by atoms with Gasteiger partial charge < -0.3 is 10.6 Å². The molecule has 1 aromatic rings. The number of hydrogen-bond donors (Lipinski definition) is 2. The maximum atomic E-state index is 4.41. The van der Waals surface area contributed by atoms with Gasteiger partial charge in [-0.3, -0.25) is 4.68 Å². The Kier molecular flexibility index (Phi) is 5.36. The summed E-state index contributed by atoms with van der Waals surface area (Å²) in [6, 6.07) is 0. The molecule has 0 fully saturated rings. The van der Waals surface area contributed by atoms with E-state index in [9.17, 15) is 0 Å². The van der Waals surface area contributed by atoms with Gasteiger partial charge in [-0.1, -0.05) is 13.8 Å². The zero-order valence-electron chi connectivity index (χ0n) is 10.0. The van der Waals surface area contributed by atoms with Crippen molar-refractivity contribution in [3.8, 4) is 0 Å². The lowest BCUT2D eigenvalue weighted by Gasteiger charge is -2.04. The molecule has 0 atom stereocenters. The van der Waals surface area contributed by atoms with Crippen LogP contribution in [0.3, 0.4) is 0 Å². The van der Waals surface area contributed by atoms with Crippen molar-refractivity contribution in [2.45, 2.75) is 26.8 Å². The van der Waals surface area contributed by atoms with Gasteiger partial charge >= 0.3 is 0 Å². The minimum absolute atomic E-state index is 0.919. The Hall–Kier alpha value is -0.870. The highest BCUT2D eigenvalue weighted by Crippen LogP contribution is 2.06. The van der Waals surface area contributed by atoms with Crippen LogP contribution < -0.4 is 10.6 Å². The zero-order valence-corrected chi connectivity index (χ0v) is 10.0. The first-order chi connectivity index (χ1) is 7.27. The van der Waals surface area contributed by atoms with E-state index >= 15 is 0 Å². The molecular formula is C11H22N4. The lowest BCUT2D eigenvalue weighted by molar-refractivity contribution is 0.623. The van der Waals surface area contributed by atoms with Crippen molar-refractivity contribution in [3.63, 3.8) is 0 Å². The first-order valence-corrected chi connectivity index (χ1v) is 5.70. The number of nitrogens with one attached hydrogen (secondary N) is 2. The fraction of sp³-hybridized carbons (Fsp3) is 0.727. The van der Waals surface area contributed by atoms with Crippen LogP contribution in [-0.4, -0.2) is 29.4 Å². The Balaban J connectivity index is 2.30. The monoisotopic (exact) mass is 210 g/mol. The highest BCUT2D eigenvalue weighted by atomic mass is 15.3. The summed E-state index contributed by atoms with van der Waals surface area (Å²) < 4.78 is 1.89. The van der Waals surface area contributed by atoms with Gasteiger partial charge in [-0.2, -0.15) is 5.10 Å². The number of likely N-dealkylation sites (N-methyl/N-ethyl adjacent to an activating group) is 1. The third kappa shape index (κ3) is 4.01. The molecule has 0 saturated heterocycles. The third-order valence-corrected chi connectivity index (χ3v) is 2.37. The molecule has 4 heteroatoms. The zero-order chi connectivity index (χ0) is 11.1. The summed E-state index contributed by atoms with van der Waals surface area (Å²) >= 11 is 0. The number of aromatic nitrogens is 2. The SMILES string of the molecule is CCNCCNCc1cn(C)nc1CC. The summed E-state index contributed by atoms with van der Waals surface area (Å²) in [5.41, 5.74) is 2.52. The predicted octanol–water partition coefficient (Wildman–Crippen LogP) is 0.682. The average molecular weight is 210 g/mol. The maximum Gasteiger partial charge on any atom is 0.0666 e. The largest absolute Gasteiger partial charge is 0.316 e. The molecule has 0 aliphatic carbocycles. The standard InChI is InChI=1S/C11H22N4/c1-4-11-10(9-15(3)14-11)8-13-7-6-12-5-2/h9,12-13H,4-8H2,1-3H3. The van der Waals surface area contributed by atoms with Gasteiger partial charge in [0.05, 0.1) is 5.69 Å². The van der Waals surface area contributed by atoms with Crippen LogP contribution in [0.2, 0.25) is 0 Å². The molecule has 0 unspecified atom stereocenters. The molecule has 15 heavy (non-hydrogen) atoms. The van der Waals surface area contributed by atoms with Crippen LogP contribution in [0.5, 0.6) is 0 Å². The third-order valence-electron chi connectivity index (χ3n) is 2.37. The van der Waals surface area contributed by atoms with Crippen LogP contribution in [0.15, 0.2) is 6.20 Å². The molecule has 0 amide bonds. The molecule has 86 valence electrons. The first-order valence-electron chi connectivity index (χ1n) is 5.70. The van der Waals surface area contributed by atoms with Gasteiger partial charge in [-0.25, -0.2) is 0 Å². The summed E-state index contributed by atoms with van der Waals surface area (Å²) in [6.45, 7) is 8.25. The highest BCUT2D eigenvalue weighted by molar-refractivity contribution is 5.16. The second kappa shape index (κ2) is 6.58. The Morgan fingerprint density at radius 2 is 2.00 bits per heavy atom. The molecule has 0 aliphatic heterocycles. The minimum Gasteiger partial charge on any atom is -0.316 e. The predicted molar refractivity (Wildman–Crippen MR) is 62.8 cm³/mol. The van der Waals surface area contributed by atoms with Gasteiger partial charge in [0.1, 0.15) is 0 Å². The highest BCUT2D eigenvalue weighted by Gasteiger charge is 2.04. The molecule has 0 aliphatic rings. The van der Waals surface area contributed by atoms with Crippen LogP contribution >= 0.6 is 0 Å². The molecule has 1 aromatic heterocycles. The van der Waals surface area contributed by atoms with Crippen molar-refractivity contribution in [1.29, 1.82) is 0 Å². The Morgan fingerprint density at radius 1 is 1.27 bits per heavy atom. The fourth-order valence-corrected chi connectivity index (χ4v) is 1.61. The second-order valence-electron chi connectivity index (χ2n) is 3.66. The smallest absolute Gasteiger partial charge is 0.0666 e. The number of nitrogens with zero attached hydrogens (tertiary/aromatic N) is 2. The Morgan fingerprint density at radius 3 is 2.67 bits per heavy atom. The van der Waals surface area contributed by atoms with Crippen LogP contribution in [0, 0.1) is 0 Å². The summed E-state index contributed by atoms with van der Waals surface area (Å²) in [5.74, 6) is 0. The molecule has 0 saturated carbocycles. The topological polar surface area (TPSA) is 41.9 Å². The van der Waals surface area contributed by atoms with E-state index in [4.69, 9.17) is 0 Å². The van der Waals surface area contributed by atoms with Gasteiger partial charge in [-0.05, 0) is 13.0 Å². The van der Waals surface area contributed by atoms with Crippen molar-refractivity contribution < 1.29 is 0 Å². The van der Waals surface area contributed by atoms with Crippen molar-refractivity contribution in [1.82, 2.24) is 20.4 Å². The van der Waals surface area contributed by atoms with Crippen LogP contribution in [0.1, 0.15) is 25.1 Å². The Bertz CT molecular complexity index is 280. The van der Waals surface area contributed by atoms with Gasteiger partial charge in [0, 0.05) is 38.4 Å². The van der Waals surface area contributed by atoms with Crippen molar-refractivity contribution in [2.24, 2.45) is 7.05 Å².